The van der Waals surface area contributed by atoms with Gasteiger partial charge in [0.2, 0.25) is 5.88 Å². The average Bonchev–Trinajstić information content (AvgIpc) is 2.27. The third-order valence-electron chi connectivity index (χ3n) is 2.38. The van der Waals surface area contributed by atoms with Gasteiger partial charge < -0.3 is 10.1 Å². The lowest BCUT2D eigenvalue weighted by atomic mass is 10.1. The second-order valence-electron chi connectivity index (χ2n) is 4.92. The molecular weight excluding hydrogens is 214 g/mol. The highest BCUT2D eigenvalue weighted by Gasteiger charge is 2.06. The normalized spacial score (nSPS) is 11.2. The fourth-order valence-electron chi connectivity index (χ4n) is 1.30. The minimum Gasteiger partial charge on any atom is -0.477 e. The van der Waals surface area contributed by atoms with E-state index in [-0.39, 0.29) is 0 Å². The van der Waals surface area contributed by atoms with Crippen molar-refractivity contribution < 1.29 is 4.74 Å². The van der Waals surface area contributed by atoms with E-state index in [4.69, 9.17) is 4.74 Å². The summed E-state index contributed by atoms with van der Waals surface area (Å²) in [6, 6.07) is 0.443. The molecule has 0 amide bonds. The maximum atomic E-state index is 5.69. The van der Waals surface area contributed by atoms with E-state index in [9.17, 15) is 0 Å². The summed E-state index contributed by atoms with van der Waals surface area (Å²) < 4.78 is 5.69. The number of nitrogens with one attached hydrogen (secondary N) is 1. The SMILES string of the molecule is CC(C)CCOc1ncncc1CNC(C)C. The van der Waals surface area contributed by atoms with Gasteiger partial charge in [-0.2, -0.15) is 0 Å². The van der Waals surface area contributed by atoms with Gasteiger partial charge in [0.15, 0.2) is 0 Å². The summed E-state index contributed by atoms with van der Waals surface area (Å²) >= 11 is 0. The van der Waals surface area contributed by atoms with Crippen LogP contribution < -0.4 is 10.1 Å². The maximum Gasteiger partial charge on any atom is 0.220 e. The van der Waals surface area contributed by atoms with Gasteiger partial charge in [0, 0.05) is 24.3 Å². The number of rotatable bonds is 7. The van der Waals surface area contributed by atoms with Crippen LogP contribution in [0.5, 0.6) is 5.88 Å². The van der Waals surface area contributed by atoms with Gasteiger partial charge >= 0.3 is 0 Å². The van der Waals surface area contributed by atoms with Crippen LogP contribution >= 0.6 is 0 Å². The third-order valence-corrected chi connectivity index (χ3v) is 2.38. The molecular formula is C13H23N3O. The number of hydrogen-bond acceptors (Lipinski definition) is 4. The number of aromatic nitrogens is 2. The predicted octanol–water partition coefficient (Wildman–Crippen LogP) is 2.40. The van der Waals surface area contributed by atoms with Crippen molar-refractivity contribution in [3.05, 3.63) is 18.1 Å². The number of nitrogens with zero attached hydrogens (tertiary/aromatic N) is 2. The Kier molecular flexibility index (Phi) is 5.91. The van der Waals surface area contributed by atoms with Crippen molar-refractivity contribution in [3.63, 3.8) is 0 Å². The fourth-order valence-corrected chi connectivity index (χ4v) is 1.30. The molecule has 0 saturated carbocycles. The van der Waals surface area contributed by atoms with E-state index in [0.29, 0.717) is 24.4 Å². The topological polar surface area (TPSA) is 47.0 Å². The first kappa shape index (κ1) is 13.9. The Bertz CT molecular complexity index is 326. The summed E-state index contributed by atoms with van der Waals surface area (Å²) in [4.78, 5) is 8.22. The molecule has 0 fully saturated rings. The average molecular weight is 237 g/mol. The van der Waals surface area contributed by atoms with Crippen molar-refractivity contribution in [1.29, 1.82) is 0 Å². The minimum absolute atomic E-state index is 0.443. The molecule has 0 aromatic carbocycles. The molecule has 0 saturated heterocycles. The molecule has 4 nitrogen and oxygen atoms in total. The molecule has 0 aliphatic carbocycles. The molecule has 17 heavy (non-hydrogen) atoms. The summed E-state index contributed by atoms with van der Waals surface area (Å²) in [5.41, 5.74) is 1.02. The minimum atomic E-state index is 0.443. The van der Waals surface area contributed by atoms with E-state index >= 15 is 0 Å². The Hall–Kier alpha value is -1.16. The van der Waals surface area contributed by atoms with Crippen LogP contribution in [0.4, 0.5) is 0 Å². The van der Waals surface area contributed by atoms with E-state index in [0.717, 1.165) is 18.5 Å². The van der Waals surface area contributed by atoms with E-state index in [2.05, 4.69) is 43.0 Å². The van der Waals surface area contributed by atoms with Gasteiger partial charge in [-0.05, 0) is 12.3 Å². The molecule has 1 heterocycles. The molecule has 1 rings (SSSR count). The molecule has 1 aromatic heterocycles. The molecule has 0 spiro atoms. The molecule has 0 aliphatic heterocycles. The van der Waals surface area contributed by atoms with Crippen LogP contribution in [0.25, 0.3) is 0 Å². The Labute approximate surface area is 104 Å². The van der Waals surface area contributed by atoms with Crippen LogP contribution in [0.15, 0.2) is 12.5 Å². The van der Waals surface area contributed by atoms with E-state index < -0.39 is 0 Å². The van der Waals surface area contributed by atoms with E-state index in [1.165, 1.54) is 6.33 Å². The van der Waals surface area contributed by atoms with Gasteiger partial charge in [-0.1, -0.05) is 27.7 Å². The molecule has 0 atom stereocenters. The second kappa shape index (κ2) is 7.22. The molecule has 0 unspecified atom stereocenters. The van der Waals surface area contributed by atoms with Gasteiger partial charge in [0.05, 0.1) is 6.61 Å². The van der Waals surface area contributed by atoms with Crippen molar-refractivity contribution in [3.8, 4) is 5.88 Å². The Balaban J connectivity index is 2.51. The molecule has 0 bridgehead atoms. The van der Waals surface area contributed by atoms with Gasteiger partial charge in [0.25, 0.3) is 0 Å². The van der Waals surface area contributed by atoms with Crippen molar-refractivity contribution in [1.82, 2.24) is 15.3 Å². The molecule has 1 N–H and O–H groups in total. The zero-order valence-electron chi connectivity index (χ0n) is 11.2. The molecule has 1 aromatic rings. The summed E-state index contributed by atoms with van der Waals surface area (Å²) in [6.07, 6.45) is 4.39. The van der Waals surface area contributed by atoms with Gasteiger partial charge in [-0.25, -0.2) is 9.97 Å². The second-order valence-corrected chi connectivity index (χ2v) is 4.92. The van der Waals surface area contributed by atoms with Gasteiger partial charge in [-0.15, -0.1) is 0 Å². The molecule has 0 radical (unpaired) electrons. The van der Waals surface area contributed by atoms with Crippen LogP contribution in [0.2, 0.25) is 0 Å². The molecule has 96 valence electrons. The smallest absolute Gasteiger partial charge is 0.220 e. The first-order valence-electron chi connectivity index (χ1n) is 6.24. The lowest BCUT2D eigenvalue weighted by Crippen LogP contribution is -2.22. The van der Waals surface area contributed by atoms with Crippen LogP contribution in [0, 0.1) is 5.92 Å². The number of ether oxygens (including phenoxy) is 1. The van der Waals surface area contributed by atoms with E-state index in [1.807, 2.05) is 6.20 Å². The standard InChI is InChI=1S/C13H23N3O/c1-10(2)5-6-17-13-12(7-14-9-16-13)8-15-11(3)4/h7,9-11,15H,5-6,8H2,1-4H3. The van der Waals surface area contributed by atoms with Gasteiger partial charge in [0.1, 0.15) is 6.33 Å². The summed E-state index contributed by atoms with van der Waals surface area (Å²) in [6.45, 7) is 10.1. The summed E-state index contributed by atoms with van der Waals surface area (Å²) in [5.74, 6) is 1.35. The number of hydrogen-bond donors (Lipinski definition) is 1. The van der Waals surface area contributed by atoms with Crippen LogP contribution in [-0.2, 0) is 6.54 Å². The summed E-state index contributed by atoms with van der Waals surface area (Å²) in [7, 11) is 0. The highest BCUT2D eigenvalue weighted by Crippen LogP contribution is 2.14. The first-order valence-corrected chi connectivity index (χ1v) is 6.24. The quantitative estimate of drug-likeness (QED) is 0.791. The van der Waals surface area contributed by atoms with Crippen LogP contribution in [0.3, 0.4) is 0 Å². The monoisotopic (exact) mass is 237 g/mol. The Morgan fingerprint density at radius 1 is 1.29 bits per heavy atom. The van der Waals surface area contributed by atoms with Crippen LogP contribution in [-0.4, -0.2) is 22.6 Å². The van der Waals surface area contributed by atoms with Crippen molar-refractivity contribution >= 4 is 0 Å². The lowest BCUT2D eigenvalue weighted by molar-refractivity contribution is 0.275. The highest BCUT2D eigenvalue weighted by molar-refractivity contribution is 5.21. The third kappa shape index (κ3) is 5.63. The van der Waals surface area contributed by atoms with Gasteiger partial charge in [-0.3, -0.25) is 0 Å². The summed E-state index contributed by atoms with van der Waals surface area (Å²) in [5, 5.41) is 3.34. The van der Waals surface area contributed by atoms with E-state index in [1.54, 1.807) is 0 Å². The highest BCUT2D eigenvalue weighted by atomic mass is 16.5. The molecule has 0 aliphatic rings. The lowest BCUT2D eigenvalue weighted by Gasteiger charge is -2.12. The Morgan fingerprint density at radius 3 is 2.71 bits per heavy atom. The van der Waals surface area contributed by atoms with Crippen molar-refractivity contribution in [2.75, 3.05) is 6.61 Å². The van der Waals surface area contributed by atoms with Crippen LogP contribution in [0.1, 0.15) is 39.7 Å². The first-order chi connectivity index (χ1) is 8.09. The maximum absolute atomic E-state index is 5.69. The zero-order valence-corrected chi connectivity index (χ0v) is 11.2. The predicted molar refractivity (Wildman–Crippen MR) is 69.0 cm³/mol. The molecule has 4 heteroatoms. The zero-order chi connectivity index (χ0) is 12.7. The largest absolute Gasteiger partial charge is 0.477 e. The Morgan fingerprint density at radius 2 is 2.06 bits per heavy atom. The van der Waals surface area contributed by atoms with Crippen molar-refractivity contribution in [2.45, 2.75) is 46.7 Å². The fraction of sp³-hybridized carbons (Fsp3) is 0.692. The van der Waals surface area contributed by atoms with Crippen molar-refractivity contribution in [2.24, 2.45) is 5.92 Å².